The fourth-order valence-electron chi connectivity index (χ4n) is 4.07. The van der Waals surface area contributed by atoms with E-state index in [0.717, 1.165) is 31.5 Å². The highest BCUT2D eigenvalue weighted by Crippen LogP contribution is 2.24. The van der Waals surface area contributed by atoms with Crippen LogP contribution in [0.25, 0.3) is 0 Å². The van der Waals surface area contributed by atoms with Crippen LogP contribution in [0.2, 0.25) is 0 Å². The number of amides is 1. The highest BCUT2D eigenvalue weighted by molar-refractivity contribution is 5.76. The van der Waals surface area contributed by atoms with Crippen LogP contribution in [0.3, 0.4) is 0 Å². The van der Waals surface area contributed by atoms with Crippen molar-refractivity contribution in [2.75, 3.05) is 39.3 Å². The van der Waals surface area contributed by atoms with E-state index in [2.05, 4.69) is 9.88 Å². The quantitative estimate of drug-likeness (QED) is 0.860. The van der Waals surface area contributed by atoms with Gasteiger partial charge in [0.2, 0.25) is 5.91 Å². The fraction of sp³-hybridized carbons (Fsp3) is 0.684. The van der Waals surface area contributed by atoms with Gasteiger partial charge in [0.1, 0.15) is 0 Å². The fourth-order valence-corrected chi connectivity index (χ4v) is 4.07. The number of piperidine rings is 1. The van der Waals surface area contributed by atoms with Gasteiger partial charge in [-0.15, -0.1) is 0 Å². The van der Waals surface area contributed by atoms with E-state index in [9.17, 15) is 9.90 Å². The minimum Gasteiger partial charge on any atom is -0.396 e. The van der Waals surface area contributed by atoms with Gasteiger partial charge in [-0.3, -0.25) is 9.78 Å². The summed E-state index contributed by atoms with van der Waals surface area (Å²) in [6.45, 7) is 5.19. The number of aliphatic hydroxyl groups excluding tert-OH is 1. The molecule has 24 heavy (non-hydrogen) atoms. The molecular formula is C19H29N3O2. The molecule has 2 fully saturated rings. The predicted octanol–water partition coefficient (Wildman–Crippen LogP) is 1.57. The van der Waals surface area contributed by atoms with Gasteiger partial charge in [0, 0.05) is 45.1 Å². The van der Waals surface area contributed by atoms with E-state index in [4.69, 9.17) is 0 Å². The SMILES string of the molecule is O=C(CCc1cccnc1)N1C[C@@H](CN2CCCC2)C[C@H](CO)C1. The first-order chi connectivity index (χ1) is 11.7. The van der Waals surface area contributed by atoms with E-state index in [1.54, 1.807) is 6.20 Å². The number of nitrogens with zero attached hydrogens (tertiary/aromatic N) is 3. The first-order valence-corrected chi connectivity index (χ1v) is 9.24. The summed E-state index contributed by atoms with van der Waals surface area (Å²) in [5.41, 5.74) is 1.11. The zero-order chi connectivity index (χ0) is 16.8. The molecule has 1 aromatic rings. The van der Waals surface area contributed by atoms with Gasteiger partial charge in [-0.2, -0.15) is 0 Å². The molecule has 2 atom stereocenters. The number of aromatic nitrogens is 1. The van der Waals surface area contributed by atoms with Crippen LogP contribution < -0.4 is 0 Å². The van der Waals surface area contributed by atoms with Crippen LogP contribution >= 0.6 is 0 Å². The maximum atomic E-state index is 12.6. The Bertz CT molecular complexity index is 517. The highest BCUT2D eigenvalue weighted by Gasteiger charge is 2.30. The van der Waals surface area contributed by atoms with E-state index >= 15 is 0 Å². The number of rotatable bonds is 6. The Morgan fingerprint density at radius 3 is 2.75 bits per heavy atom. The summed E-state index contributed by atoms with van der Waals surface area (Å²) in [6.07, 6.45) is 8.48. The van der Waals surface area contributed by atoms with Gasteiger partial charge in [-0.25, -0.2) is 0 Å². The number of carbonyl (C=O) groups is 1. The zero-order valence-electron chi connectivity index (χ0n) is 14.4. The van der Waals surface area contributed by atoms with Gasteiger partial charge in [0.15, 0.2) is 0 Å². The lowest BCUT2D eigenvalue weighted by atomic mass is 9.89. The minimum atomic E-state index is 0.183. The number of aliphatic hydroxyl groups is 1. The number of aryl methyl sites for hydroxylation is 1. The average Bonchev–Trinajstić information content (AvgIpc) is 3.13. The Balaban J connectivity index is 1.53. The molecule has 0 bridgehead atoms. The minimum absolute atomic E-state index is 0.183. The second-order valence-electron chi connectivity index (χ2n) is 7.32. The molecule has 1 N–H and O–H groups in total. The average molecular weight is 331 g/mol. The molecule has 2 aliphatic rings. The van der Waals surface area contributed by atoms with E-state index < -0.39 is 0 Å². The predicted molar refractivity (Wildman–Crippen MR) is 93.5 cm³/mol. The maximum absolute atomic E-state index is 12.6. The summed E-state index contributed by atoms with van der Waals surface area (Å²) in [5.74, 6) is 0.938. The molecule has 3 rings (SSSR count). The second-order valence-corrected chi connectivity index (χ2v) is 7.32. The summed E-state index contributed by atoms with van der Waals surface area (Å²) in [5, 5.41) is 9.62. The van der Waals surface area contributed by atoms with Gasteiger partial charge in [0.05, 0.1) is 0 Å². The van der Waals surface area contributed by atoms with E-state index in [-0.39, 0.29) is 18.4 Å². The van der Waals surface area contributed by atoms with E-state index in [1.807, 2.05) is 23.2 Å². The van der Waals surface area contributed by atoms with Crippen LogP contribution in [0.5, 0.6) is 0 Å². The molecule has 2 saturated heterocycles. The molecule has 5 heteroatoms. The third-order valence-corrected chi connectivity index (χ3v) is 5.30. The van der Waals surface area contributed by atoms with Crippen molar-refractivity contribution in [2.24, 2.45) is 11.8 Å². The number of pyridine rings is 1. The molecule has 132 valence electrons. The summed E-state index contributed by atoms with van der Waals surface area (Å²) in [7, 11) is 0. The molecule has 1 aromatic heterocycles. The maximum Gasteiger partial charge on any atom is 0.222 e. The van der Waals surface area contributed by atoms with Crippen molar-refractivity contribution in [1.29, 1.82) is 0 Å². The van der Waals surface area contributed by atoms with Crippen molar-refractivity contribution in [3.05, 3.63) is 30.1 Å². The summed E-state index contributed by atoms with van der Waals surface area (Å²) < 4.78 is 0. The van der Waals surface area contributed by atoms with E-state index in [1.165, 1.54) is 25.9 Å². The molecule has 5 nitrogen and oxygen atoms in total. The van der Waals surface area contributed by atoms with Crippen LogP contribution in [0.4, 0.5) is 0 Å². The van der Waals surface area contributed by atoms with Crippen molar-refractivity contribution in [1.82, 2.24) is 14.8 Å². The first kappa shape index (κ1) is 17.4. The highest BCUT2D eigenvalue weighted by atomic mass is 16.3. The monoisotopic (exact) mass is 331 g/mol. The number of hydrogen-bond donors (Lipinski definition) is 1. The molecule has 0 aliphatic carbocycles. The van der Waals surface area contributed by atoms with Crippen molar-refractivity contribution in [2.45, 2.75) is 32.1 Å². The Kier molecular flexibility index (Phi) is 6.21. The first-order valence-electron chi connectivity index (χ1n) is 9.24. The van der Waals surface area contributed by atoms with Crippen LogP contribution in [0, 0.1) is 11.8 Å². The van der Waals surface area contributed by atoms with Gasteiger partial charge in [-0.05, 0) is 62.2 Å². The van der Waals surface area contributed by atoms with Crippen molar-refractivity contribution >= 4 is 5.91 Å². The van der Waals surface area contributed by atoms with Gasteiger partial charge < -0.3 is 14.9 Å². The van der Waals surface area contributed by atoms with Gasteiger partial charge >= 0.3 is 0 Å². The zero-order valence-corrected chi connectivity index (χ0v) is 14.4. The molecule has 0 unspecified atom stereocenters. The lowest BCUT2D eigenvalue weighted by molar-refractivity contribution is -0.134. The number of likely N-dealkylation sites (tertiary alicyclic amines) is 2. The second kappa shape index (κ2) is 8.58. The van der Waals surface area contributed by atoms with Crippen LogP contribution in [-0.2, 0) is 11.2 Å². The van der Waals surface area contributed by atoms with Crippen molar-refractivity contribution in [3.8, 4) is 0 Å². The van der Waals surface area contributed by atoms with Crippen molar-refractivity contribution in [3.63, 3.8) is 0 Å². The topological polar surface area (TPSA) is 56.7 Å². The molecule has 0 radical (unpaired) electrons. The van der Waals surface area contributed by atoms with Crippen molar-refractivity contribution < 1.29 is 9.90 Å². The molecular weight excluding hydrogens is 302 g/mol. The van der Waals surface area contributed by atoms with Crippen LogP contribution in [-0.4, -0.2) is 65.1 Å². The van der Waals surface area contributed by atoms with Crippen LogP contribution in [0.15, 0.2) is 24.5 Å². The third-order valence-electron chi connectivity index (χ3n) is 5.30. The smallest absolute Gasteiger partial charge is 0.222 e. The number of carbonyl (C=O) groups excluding carboxylic acids is 1. The van der Waals surface area contributed by atoms with E-state index in [0.29, 0.717) is 18.9 Å². The third kappa shape index (κ3) is 4.77. The largest absolute Gasteiger partial charge is 0.396 e. The van der Waals surface area contributed by atoms with Gasteiger partial charge in [0.25, 0.3) is 0 Å². The molecule has 0 saturated carbocycles. The molecule has 0 aromatic carbocycles. The molecule has 3 heterocycles. The van der Waals surface area contributed by atoms with Crippen LogP contribution in [0.1, 0.15) is 31.2 Å². The normalized spacial score (nSPS) is 25.1. The Morgan fingerprint density at radius 2 is 2.04 bits per heavy atom. The lowest BCUT2D eigenvalue weighted by Crippen LogP contribution is -2.47. The summed E-state index contributed by atoms with van der Waals surface area (Å²) in [4.78, 5) is 21.2. The number of hydrogen-bond acceptors (Lipinski definition) is 4. The Labute approximate surface area is 144 Å². The van der Waals surface area contributed by atoms with Gasteiger partial charge in [-0.1, -0.05) is 6.07 Å². The summed E-state index contributed by atoms with van der Waals surface area (Å²) in [6, 6.07) is 3.93. The standard InChI is InChI=1S/C19H29N3O2/c23-15-18-10-17(12-21-8-1-2-9-21)13-22(14-18)19(24)6-5-16-4-3-7-20-11-16/h3-4,7,11,17-18,23H,1-2,5-6,8-10,12-15H2/t17-,18+/m1/s1. The Hall–Kier alpha value is -1.46. The molecule has 0 spiro atoms. The molecule has 1 amide bonds. The lowest BCUT2D eigenvalue weighted by Gasteiger charge is -2.38. The molecule has 2 aliphatic heterocycles. The Morgan fingerprint density at radius 1 is 1.25 bits per heavy atom. The summed E-state index contributed by atoms with van der Waals surface area (Å²) >= 11 is 0.